The van der Waals surface area contributed by atoms with Gasteiger partial charge in [0.25, 0.3) is 5.91 Å². The number of benzene rings is 2. The van der Waals surface area contributed by atoms with Crippen LogP contribution in [0.5, 0.6) is 0 Å². The Hall–Kier alpha value is -2.33. The molecule has 1 amide bonds. The topological polar surface area (TPSA) is 66.4 Å². The van der Waals surface area contributed by atoms with Gasteiger partial charge in [-0.15, -0.1) is 0 Å². The number of aromatic carboxylic acids is 1. The number of rotatable bonds is 3. The van der Waals surface area contributed by atoms with Gasteiger partial charge in [0.1, 0.15) is 0 Å². The highest BCUT2D eigenvalue weighted by Gasteiger charge is 2.11. The van der Waals surface area contributed by atoms with E-state index in [4.69, 9.17) is 16.7 Å². The Labute approximate surface area is 127 Å². The van der Waals surface area contributed by atoms with Crippen molar-refractivity contribution in [3.05, 3.63) is 63.7 Å². The van der Waals surface area contributed by atoms with Crippen LogP contribution < -0.4 is 5.32 Å². The van der Waals surface area contributed by atoms with Crippen molar-refractivity contribution in [1.82, 2.24) is 0 Å². The number of amides is 1. The Morgan fingerprint density at radius 1 is 1.00 bits per heavy atom. The summed E-state index contributed by atoms with van der Waals surface area (Å²) in [5.41, 5.74) is 2.78. The van der Waals surface area contributed by atoms with Crippen LogP contribution in [0.2, 0.25) is 5.02 Å². The first-order valence-electron chi connectivity index (χ1n) is 6.30. The van der Waals surface area contributed by atoms with Gasteiger partial charge in [0.2, 0.25) is 0 Å². The number of carbonyl (C=O) groups is 2. The van der Waals surface area contributed by atoms with E-state index in [9.17, 15) is 9.59 Å². The van der Waals surface area contributed by atoms with Crippen LogP contribution in [0.15, 0.2) is 36.4 Å². The van der Waals surface area contributed by atoms with E-state index in [2.05, 4.69) is 5.32 Å². The van der Waals surface area contributed by atoms with E-state index in [1.54, 1.807) is 31.2 Å². The number of anilines is 1. The van der Waals surface area contributed by atoms with Crippen LogP contribution in [0.1, 0.15) is 31.8 Å². The number of hydrogen-bond acceptors (Lipinski definition) is 2. The summed E-state index contributed by atoms with van der Waals surface area (Å²) in [5.74, 6) is -1.26. The summed E-state index contributed by atoms with van der Waals surface area (Å²) in [4.78, 5) is 23.1. The van der Waals surface area contributed by atoms with Gasteiger partial charge in [0.05, 0.1) is 5.56 Å². The van der Waals surface area contributed by atoms with Crippen LogP contribution >= 0.6 is 11.6 Å². The van der Waals surface area contributed by atoms with Crippen LogP contribution in [-0.4, -0.2) is 17.0 Å². The summed E-state index contributed by atoms with van der Waals surface area (Å²) in [5, 5.41) is 12.3. The molecule has 0 saturated carbocycles. The molecule has 0 spiro atoms. The van der Waals surface area contributed by atoms with Gasteiger partial charge in [0, 0.05) is 16.3 Å². The molecule has 0 heterocycles. The van der Waals surface area contributed by atoms with Crippen LogP contribution in [0.4, 0.5) is 5.69 Å². The van der Waals surface area contributed by atoms with Crippen LogP contribution in [-0.2, 0) is 0 Å². The lowest BCUT2D eigenvalue weighted by Crippen LogP contribution is -2.13. The number of hydrogen-bond donors (Lipinski definition) is 2. The second-order valence-electron chi connectivity index (χ2n) is 4.75. The molecule has 0 aliphatic rings. The number of aryl methyl sites for hydroxylation is 2. The third-order valence-electron chi connectivity index (χ3n) is 3.14. The SMILES string of the molecule is Cc1cc(C(=O)Nc2ccc(C(=O)O)cc2C)ccc1Cl. The molecule has 0 fully saturated rings. The quantitative estimate of drug-likeness (QED) is 0.903. The summed E-state index contributed by atoms with van der Waals surface area (Å²) < 4.78 is 0. The molecule has 2 aromatic rings. The monoisotopic (exact) mass is 303 g/mol. The van der Waals surface area contributed by atoms with Gasteiger partial charge in [-0.05, 0) is 61.4 Å². The lowest BCUT2D eigenvalue weighted by Gasteiger charge is -2.10. The van der Waals surface area contributed by atoms with Crippen molar-refractivity contribution in [3.63, 3.8) is 0 Å². The molecule has 2 rings (SSSR count). The van der Waals surface area contributed by atoms with E-state index < -0.39 is 5.97 Å². The molecule has 0 unspecified atom stereocenters. The highest BCUT2D eigenvalue weighted by molar-refractivity contribution is 6.31. The highest BCUT2D eigenvalue weighted by Crippen LogP contribution is 2.20. The van der Waals surface area contributed by atoms with E-state index in [-0.39, 0.29) is 11.5 Å². The minimum absolute atomic E-state index is 0.188. The zero-order chi connectivity index (χ0) is 15.6. The Bertz CT molecular complexity index is 725. The van der Waals surface area contributed by atoms with Crippen molar-refractivity contribution >= 4 is 29.2 Å². The smallest absolute Gasteiger partial charge is 0.335 e. The molecule has 0 aliphatic heterocycles. The lowest BCUT2D eigenvalue weighted by molar-refractivity contribution is 0.0696. The van der Waals surface area contributed by atoms with E-state index in [0.717, 1.165) is 5.56 Å². The maximum Gasteiger partial charge on any atom is 0.335 e. The predicted molar refractivity (Wildman–Crippen MR) is 82.3 cm³/mol. The van der Waals surface area contributed by atoms with Crippen molar-refractivity contribution in [2.75, 3.05) is 5.32 Å². The van der Waals surface area contributed by atoms with Gasteiger partial charge in [-0.25, -0.2) is 4.79 Å². The zero-order valence-electron chi connectivity index (χ0n) is 11.6. The Morgan fingerprint density at radius 3 is 2.19 bits per heavy atom. The van der Waals surface area contributed by atoms with Gasteiger partial charge < -0.3 is 10.4 Å². The molecule has 4 nitrogen and oxygen atoms in total. The van der Waals surface area contributed by atoms with Crippen molar-refractivity contribution in [2.45, 2.75) is 13.8 Å². The summed E-state index contributed by atoms with van der Waals surface area (Å²) in [6, 6.07) is 9.58. The number of carboxylic acids is 1. The minimum atomic E-state index is -0.996. The normalized spacial score (nSPS) is 10.2. The molecular formula is C16H14ClNO3. The lowest BCUT2D eigenvalue weighted by atomic mass is 10.1. The van der Waals surface area contributed by atoms with Crippen molar-refractivity contribution in [3.8, 4) is 0 Å². The molecule has 0 bridgehead atoms. The van der Waals surface area contributed by atoms with Gasteiger partial charge in [-0.1, -0.05) is 11.6 Å². The Kier molecular flexibility index (Phi) is 4.29. The molecule has 0 aromatic heterocycles. The highest BCUT2D eigenvalue weighted by atomic mass is 35.5. The number of carboxylic acid groups (broad SMARTS) is 1. The third-order valence-corrected chi connectivity index (χ3v) is 3.57. The standard InChI is InChI=1S/C16H14ClNO3/c1-9-7-11(3-5-13(9)17)15(19)18-14-6-4-12(16(20)21)8-10(14)2/h3-8H,1-2H3,(H,18,19)(H,20,21). The molecule has 2 aromatic carbocycles. The fraction of sp³-hybridized carbons (Fsp3) is 0.125. The first kappa shape index (κ1) is 15.1. The number of halogens is 1. The van der Waals surface area contributed by atoms with E-state index in [0.29, 0.717) is 21.8 Å². The van der Waals surface area contributed by atoms with E-state index in [1.807, 2.05) is 6.92 Å². The summed E-state index contributed by atoms with van der Waals surface area (Å²) in [7, 11) is 0. The first-order chi connectivity index (χ1) is 9.88. The average Bonchev–Trinajstić information content (AvgIpc) is 2.43. The number of carbonyl (C=O) groups excluding carboxylic acids is 1. The van der Waals surface area contributed by atoms with Gasteiger partial charge >= 0.3 is 5.97 Å². The summed E-state index contributed by atoms with van der Waals surface area (Å²) >= 11 is 5.93. The molecule has 0 saturated heterocycles. The molecule has 2 N–H and O–H groups in total. The molecular weight excluding hydrogens is 290 g/mol. The van der Waals surface area contributed by atoms with Crippen LogP contribution in [0.3, 0.4) is 0 Å². The van der Waals surface area contributed by atoms with E-state index in [1.165, 1.54) is 12.1 Å². The molecule has 0 radical (unpaired) electrons. The summed E-state index contributed by atoms with van der Waals surface area (Å²) in [6.07, 6.45) is 0. The fourth-order valence-electron chi connectivity index (χ4n) is 1.92. The predicted octanol–water partition coefficient (Wildman–Crippen LogP) is 3.91. The second kappa shape index (κ2) is 5.97. The third kappa shape index (κ3) is 3.41. The van der Waals surface area contributed by atoms with Gasteiger partial charge in [-0.2, -0.15) is 0 Å². The largest absolute Gasteiger partial charge is 0.478 e. The maximum atomic E-state index is 12.2. The first-order valence-corrected chi connectivity index (χ1v) is 6.67. The number of nitrogens with one attached hydrogen (secondary N) is 1. The van der Waals surface area contributed by atoms with Crippen molar-refractivity contribution < 1.29 is 14.7 Å². The van der Waals surface area contributed by atoms with Crippen LogP contribution in [0.25, 0.3) is 0 Å². The molecule has 108 valence electrons. The van der Waals surface area contributed by atoms with Crippen LogP contribution in [0, 0.1) is 13.8 Å². The second-order valence-corrected chi connectivity index (χ2v) is 5.16. The van der Waals surface area contributed by atoms with Gasteiger partial charge in [-0.3, -0.25) is 4.79 Å². The maximum absolute atomic E-state index is 12.2. The Balaban J connectivity index is 2.23. The Morgan fingerprint density at radius 2 is 1.62 bits per heavy atom. The molecule has 0 atom stereocenters. The minimum Gasteiger partial charge on any atom is -0.478 e. The van der Waals surface area contributed by atoms with Crippen molar-refractivity contribution in [2.24, 2.45) is 0 Å². The summed E-state index contributed by atoms with van der Waals surface area (Å²) in [6.45, 7) is 3.57. The molecule has 21 heavy (non-hydrogen) atoms. The average molecular weight is 304 g/mol. The molecule has 5 heteroatoms. The fourth-order valence-corrected chi connectivity index (χ4v) is 2.03. The van der Waals surface area contributed by atoms with Gasteiger partial charge in [0.15, 0.2) is 0 Å². The zero-order valence-corrected chi connectivity index (χ0v) is 12.4. The van der Waals surface area contributed by atoms with E-state index >= 15 is 0 Å². The molecule has 0 aliphatic carbocycles. The van der Waals surface area contributed by atoms with Crippen molar-refractivity contribution in [1.29, 1.82) is 0 Å².